The molecule has 0 bridgehead atoms. The van der Waals surface area contributed by atoms with Crippen molar-refractivity contribution in [3.05, 3.63) is 65.2 Å². The van der Waals surface area contributed by atoms with Crippen molar-refractivity contribution < 1.29 is 9.47 Å². The van der Waals surface area contributed by atoms with Gasteiger partial charge in [-0.3, -0.25) is 0 Å². The van der Waals surface area contributed by atoms with Gasteiger partial charge in [-0.05, 0) is 43.9 Å². The highest BCUT2D eigenvalue weighted by Crippen LogP contribution is 2.26. The van der Waals surface area contributed by atoms with E-state index in [1.54, 1.807) is 0 Å². The Hall–Kier alpha value is -1.84. The normalized spacial score (nSPS) is 18.5. The van der Waals surface area contributed by atoms with Crippen molar-refractivity contribution in [3.8, 4) is 5.75 Å². The van der Waals surface area contributed by atoms with Crippen LogP contribution in [0.25, 0.3) is 0 Å². The molecule has 128 valence electrons. The molecule has 1 aliphatic heterocycles. The number of rotatable bonds is 7. The third-order valence-electron chi connectivity index (χ3n) is 4.69. The first-order chi connectivity index (χ1) is 11.7. The van der Waals surface area contributed by atoms with Crippen LogP contribution in [0.2, 0.25) is 0 Å². The average molecular weight is 325 g/mol. The molecule has 1 fully saturated rings. The second-order valence-electron chi connectivity index (χ2n) is 6.51. The van der Waals surface area contributed by atoms with E-state index in [2.05, 4.69) is 61.6 Å². The molecular weight excluding hydrogens is 298 g/mol. The smallest absolute Gasteiger partial charge is 0.124 e. The number of para-hydroxylation sites is 1. The minimum absolute atomic E-state index is 0.227. The molecule has 0 aromatic heterocycles. The fourth-order valence-corrected chi connectivity index (χ4v) is 3.11. The molecule has 2 unspecified atom stereocenters. The summed E-state index contributed by atoms with van der Waals surface area (Å²) >= 11 is 0. The van der Waals surface area contributed by atoms with Crippen molar-refractivity contribution in [1.82, 2.24) is 5.32 Å². The molecule has 3 heteroatoms. The summed E-state index contributed by atoms with van der Waals surface area (Å²) in [7, 11) is 0. The molecule has 3 nitrogen and oxygen atoms in total. The SMILES string of the molecule is Cc1ccccc1CNC(C)c1ccccc1OCC1CCCO1. The molecule has 2 aromatic rings. The first-order valence-electron chi connectivity index (χ1n) is 8.85. The van der Waals surface area contributed by atoms with E-state index in [0.29, 0.717) is 6.61 Å². The third kappa shape index (κ3) is 4.37. The predicted molar refractivity (Wildman–Crippen MR) is 97.3 cm³/mol. The standard InChI is InChI=1S/C21H27NO2/c1-16-8-3-4-9-18(16)14-22-17(2)20-11-5-6-12-21(20)24-15-19-10-7-13-23-19/h3-6,8-9,11-12,17,19,22H,7,10,13-15H2,1-2H3. The number of hydrogen-bond donors (Lipinski definition) is 1. The van der Waals surface area contributed by atoms with Crippen molar-refractivity contribution in [2.24, 2.45) is 0 Å². The summed E-state index contributed by atoms with van der Waals surface area (Å²) in [5.41, 5.74) is 3.85. The molecule has 0 saturated carbocycles. The summed E-state index contributed by atoms with van der Waals surface area (Å²) in [4.78, 5) is 0. The van der Waals surface area contributed by atoms with Gasteiger partial charge in [-0.1, -0.05) is 42.5 Å². The summed E-state index contributed by atoms with van der Waals surface area (Å²) in [6.45, 7) is 6.70. The van der Waals surface area contributed by atoms with Crippen molar-refractivity contribution in [1.29, 1.82) is 0 Å². The van der Waals surface area contributed by atoms with Crippen molar-refractivity contribution >= 4 is 0 Å². The molecule has 2 aromatic carbocycles. The number of benzene rings is 2. The van der Waals surface area contributed by atoms with E-state index in [0.717, 1.165) is 31.7 Å². The minimum Gasteiger partial charge on any atom is -0.491 e. The van der Waals surface area contributed by atoms with Crippen LogP contribution in [0.5, 0.6) is 5.75 Å². The highest BCUT2D eigenvalue weighted by Gasteiger charge is 2.18. The number of hydrogen-bond acceptors (Lipinski definition) is 3. The lowest BCUT2D eigenvalue weighted by Crippen LogP contribution is -2.21. The molecule has 3 rings (SSSR count). The summed E-state index contributed by atoms with van der Waals surface area (Å²) in [5.74, 6) is 0.956. The first kappa shape index (κ1) is 17.0. The fraction of sp³-hybridized carbons (Fsp3) is 0.429. The third-order valence-corrected chi connectivity index (χ3v) is 4.69. The van der Waals surface area contributed by atoms with Crippen LogP contribution in [0.15, 0.2) is 48.5 Å². The monoisotopic (exact) mass is 325 g/mol. The first-order valence-corrected chi connectivity index (χ1v) is 8.85. The van der Waals surface area contributed by atoms with Gasteiger partial charge in [-0.15, -0.1) is 0 Å². The Balaban J connectivity index is 1.61. The summed E-state index contributed by atoms with van der Waals surface area (Å²) in [5, 5.41) is 3.61. The second kappa shape index (κ2) is 8.32. The van der Waals surface area contributed by atoms with Crippen LogP contribution in [0.3, 0.4) is 0 Å². The predicted octanol–water partition coefficient (Wildman–Crippen LogP) is 4.40. The maximum Gasteiger partial charge on any atom is 0.124 e. The zero-order valence-corrected chi connectivity index (χ0v) is 14.6. The van der Waals surface area contributed by atoms with Gasteiger partial charge in [-0.2, -0.15) is 0 Å². The molecule has 0 spiro atoms. The van der Waals surface area contributed by atoms with Gasteiger partial charge in [0.2, 0.25) is 0 Å². The van der Waals surface area contributed by atoms with Crippen molar-refractivity contribution in [2.45, 2.75) is 45.4 Å². The van der Waals surface area contributed by atoms with Gasteiger partial charge in [0, 0.05) is 24.8 Å². The molecule has 24 heavy (non-hydrogen) atoms. The number of aryl methyl sites for hydroxylation is 1. The molecule has 2 atom stereocenters. The van der Waals surface area contributed by atoms with Gasteiger partial charge < -0.3 is 14.8 Å². The van der Waals surface area contributed by atoms with Crippen LogP contribution in [0.1, 0.15) is 42.5 Å². The van der Waals surface area contributed by atoms with Gasteiger partial charge in [0.1, 0.15) is 12.4 Å². The maximum atomic E-state index is 6.05. The van der Waals surface area contributed by atoms with Gasteiger partial charge >= 0.3 is 0 Å². The van der Waals surface area contributed by atoms with E-state index in [1.165, 1.54) is 16.7 Å². The van der Waals surface area contributed by atoms with Crippen LogP contribution in [0, 0.1) is 6.92 Å². The Kier molecular flexibility index (Phi) is 5.89. The van der Waals surface area contributed by atoms with Gasteiger partial charge in [0.25, 0.3) is 0 Å². The Morgan fingerprint density at radius 2 is 1.96 bits per heavy atom. The molecule has 1 heterocycles. The molecular formula is C21H27NO2. The van der Waals surface area contributed by atoms with Crippen LogP contribution in [-0.4, -0.2) is 19.3 Å². The van der Waals surface area contributed by atoms with Crippen molar-refractivity contribution in [3.63, 3.8) is 0 Å². The summed E-state index contributed by atoms with van der Waals surface area (Å²) in [6.07, 6.45) is 2.49. The Morgan fingerprint density at radius 1 is 1.17 bits per heavy atom. The molecule has 0 radical (unpaired) electrons. The maximum absolute atomic E-state index is 6.05. The van der Waals surface area contributed by atoms with Gasteiger partial charge in [0.05, 0.1) is 6.10 Å². The Labute approximate surface area is 145 Å². The van der Waals surface area contributed by atoms with E-state index in [-0.39, 0.29) is 12.1 Å². The zero-order valence-electron chi connectivity index (χ0n) is 14.6. The second-order valence-corrected chi connectivity index (χ2v) is 6.51. The lowest BCUT2D eigenvalue weighted by Gasteiger charge is -2.20. The largest absolute Gasteiger partial charge is 0.491 e. The Morgan fingerprint density at radius 3 is 2.75 bits per heavy atom. The fourth-order valence-electron chi connectivity index (χ4n) is 3.11. The topological polar surface area (TPSA) is 30.5 Å². The molecule has 0 amide bonds. The van der Waals surface area contributed by atoms with Crippen LogP contribution < -0.4 is 10.1 Å². The highest BCUT2D eigenvalue weighted by molar-refractivity contribution is 5.36. The van der Waals surface area contributed by atoms with Crippen LogP contribution in [0.4, 0.5) is 0 Å². The summed E-state index contributed by atoms with van der Waals surface area (Å²) in [6, 6.07) is 17.0. The molecule has 1 saturated heterocycles. The van der Waals surface area contributed by atoms with Crippen LogP contribution in [-0.2, 0) is 11.3 Å². The van der Waals surface area contributed by atoms with Gasteiger partial charge in [-0.25, -0.2) is 0 Å². The molecule has 0 aliphatic carbocycles. The lowest BCUT2D eigenvalue weighted by atomic mass is 10.1. The van der Waals surface area contributed by atoms with E-state index in [9.17, 15) is 0 Å². The highest BCUT2D eigenvalue weighted by atomic mass is 16.5. The Bertz CT molecular complexity index is 650. The average Bonchev–Trinajstić information content (AvgIpc) is 3.13. The van der Waals surface area contributed by atoms with Crippen LogP contribution >= 0.6 is 0 Å². The lowest BCUT2D eigenvalue weighted by molar-refractivity contribution is 0.0674. The minimum atomic E-state index is 0.227. The van der Waals surface area contributed by atoms with Gasteiger partial charge in [0.15, 0.2) is 0 Å². The molecule has 1 N–H and O–H groups in total. The molecule has 1 aliphatic rings. The number of nitrogens with one attached hydrogen (secondary N) is 1. The quantitative estimate of drug-likeness (QED) is 0.818. The summed E-state index contributed by atoms with van der Waals surface area (Å²) < 4.78 is 11.7. The number of ether oxygens (including phenoxy) is 2. The van der Waals surface area contributed by atoms with E-state index < -0.39 is 0 Å². The van der Waals surface area contributed by atoms with E-state index in [1.807, 2.05) is 6.07 Å². The van der Waals surface area contributed by atoms with Crippen molar-refractivity contribution in [2.75, 3.05) is 13.2 Å². The van der Waals surface area contributed by atoms with E-state index in [4.69, 9.17) is 9.47 Å². The van der Waals surface area contributed by atoms with E-state index >= 15 is 0 Å². The zero-order chi connectivity index (χ0) is 16.8.